The Hall–Kier alpha value is -1.95. The van der Waals surface area contributed by atoms with Crippen LogP contribution in [0.3, 0.4) is 0 Å². The minimum Gasteiger partial charge on any atom is -0.325 e. The van der Waals surface area contributed by atoms with Crippen molar-refractivity contribution in [3.05, 3.63) is 58.9 Å². The Morgan fingerprint density at radius 2 is 1.80 bits per heavy atom. The number of hydrogen-bond donors (Lipinski definition) is 1. The van der Waals surface area contributed by atoms with Gasteiger partial charge in [0.15, 0.2) is 0 Å². The maximum Gasteiger partial charge on any atom is 0.238 e. The highest BCUT2D eigenvalue weighted by Gasteiger charge is 2.19. The van der Waals surface area contributed by atoms with Crippen molar-refractivity contribution in [1.29, 1.82) is 0 Å². The van der Waals surface area contributed by atoms with Crippen LogP contribution in [0.4, 0.5) is 5.69 Å². The van der Waals surface area contributed by atoms with Gasteiger partial charge in [0.25, 0.3) is 0 Å². The molecule has 1 saturated heterocycles. The Morgan fingerprint density at radius 1 is 1.12 bits per heavy atom. The molecule has 5 nitrogen and oxygen atoms in total. The van der Waals surface area contributed by atoms with Crippen LogP contribution in [0.25, 0.3) is 0 Å². The van der Waals surface area contributed by atoms with E-state index in [9.17, 15) is 4.79 Å². The molecule has 1 amide bonds. The summed E-state index contributed by atoms with van der Waals surface area (Å²) in [7, 11) is 0. The third kappa shape index (κ3) is 5.26. The Kier molecular flexibility index (Phi) is 6.02. The van der Waals surface area contributed by atoms with Gasteiger partial charge in [0.1, 0.15) is 0 Å². The minimum atomic E-state index is 0.0128. The number of carbonyl (C=O) groups is 1. The second kappa shape index (κ2) is 8.43. The fourth-order valence-corrected chi connectivity index (χ4v) is 3.09. The van der Waals surface area contributed by atoms with Gasteiger partial charge < -0.3 is 5.32 Å². The third-order valence-corrected chi connectivity index (χ3v) is 4.72. The summed E-state index contributed by atoms with van der Waals surface area (Å²) in [5, 5.41) is 3.58. The minimum absolute atomic E-state index is 0.0128. The molecule has 1 aliphatic rings. The van der Waals surface area contributed by atoms with Gasteiger partial charge in [-0.2, -0.15) is 0 Å². The predicted octanol–water partition coefficient (Wildman–Crippen LogP) is 2.80. The van der Waals surface area contributed by atoms with E-state index in [-0.39, 0.29) is 5.91 Å². The molecule has 0 bridgehead atoms. The lowest BCUT2D eigenvalue weighted by molar-refractivity contribution is -0.117. The number of rotatable bonds is 5. The molecule has 132 valence electrons. The van der Waals surface area contributed by atoms with Crippen LogP contribution in [0.1, 0.15) is 11.3 Å². The molecular weight excluding hydrogens is 336 g/mol. The highest BCUT2D eigenvalue weighted by atomic mass is 35.5. The molecular formula is C19H23ClN4O. The van der Waals surface area contributed by atoms with Crippen molar-refractivity contribution >= 4 is 23.2 Å². The van der Waals surface area contributed by atoms with Crippen LogP contribution in [0, 0.1) is 6.92 Å². The van der Waals surface area contributed by atoms with Crippen LogP contribution in [0.5, 0.6) is 0 Å². The number of hydrogen-bond acceptors (Lipinski definition) is 4. The molecule has 2 heterocycles. The number of piperazine rings is 1. The van der Waals surface area contributed by atoms with Crippen LogP contribution >= 0.6 is 11.6 Å². The number of nitrogens with zero attached hydrogens (tertiary/aromatic N) is 3. The first-order valence-corrected chi connectivity index (χ1v) is 8.88. The number of anilines is 1. The van der Waals surface area contributed by atoms with Gasteiger partial charge in [0.05, 0.1) is 6.54 Å². The summed E-state index contributed by atoms with van der Waals surface area (Å²) < 4.78 is 0. The molecule has 0 aliphatic carbocycles. The Bertz CT molecular complexity index is 712. The highest BCUT2D eigenvalue weighted by molar-refractivity contribution is 6.30. The molecule has 25 heavy (non-hydrogen) atoms. The molecule has 1 aromatic heterocycles. The molecule has 1 fully saturated rings. The van der Waals surface area contributed by atoms with E-state index in [1.54, 1.807) is 12.1 Å². The Labute approximate surface area is 153 Å². The highest BCUT2D eigenvalue weighted by Crippen LogP contribution is 2.14. The molecule has 0 atom stereocenters. The number of nitrogens with one attached hydrogen (secondary N) is 1. The van der Waals surface area contributed by atoms with E-state index >= 15 is 0 Å². The zero-order chi connectivity index (χ0) is 17.6. The number of aryl methyl sites for hydroxylation is 1. The van der Waals surface area contributed by atoms with Gasteiger partial charge in [-0.3, -0.25) is 19.6 Å². The van der Waals surface area contributed by atoms with Crippen LogP contribution < -0.4 is 5.32 Å². The summed E-state index contributed by atoms with van der Waals surface area (Å²) in [5.74, 6) is 0.0128. The molecule has 3 rings (SSSR count). The van der Waals surface area contributed by atoms with Gasteiger partial charge in [-0.1, -0.05) is 17.7 Å². The van der Waals surface area contributed by atoms with E-state index in [0.29, 0.717) is 11.6 Å². The average Bonchev–Trinajstić information content (AvgIpc) is 2.61. The van der Waals surface area contributed by atoms with E-state index < -0.39 is 0 Å². The summed E-state index contributed by atoms with van der Waals surface area (Å²) in [6.07, 6.45) is 1.83. The normalized spacial score (nSPS) is 15.9. The van der Waals surface area contributed by atoms with Crippen molar-refractivity contribution in [1.82, 2.24) is 14.8 Å². The van der Waals surface area contributed by atoms with E-state index in [4.69, 9.17) is 11.6 Å². The maximum absolute atomic E-state index is 12.2. The third-order valence-electron chi connectivity index (χ3n) is 4.47. The number of pyridine rings is 1. The van der Waals surface area contributed by atoms with E-state index in [1.807, 2.05) is 31.3 Å². The summed E-state index contributed by atoms with van der Waals surface area (Å²) >= 11 is 5.86. The Balaban J connectivity index is 1.43. The van der Waals surface area contributed by atoms with Gasteiger partial charge in [0, 0.05) is 55.3 Å². The summed E-state index contributed by atoms with van der Waals surface area (Å²) in [6, 6.07) is 11.3. The molecule has 0 unspecified atom stereocenters. The topological polar surface area (TPSA) is 48.5 Å². The maximum atomic E-state index is 12.2. The first kappa shape index (κ1) is 17.9. The molecule has 6 heteroatoms. The zero-order valence-electron chi connectivity index (χ0n) is 14.4. The van der Waals surface area contributed by atoms with Crippen LogP contribution in [-0.4, -0.2) is 53.4 Å². The molecule has 2 aromatic rings. The van der Waals surface area contributed by atoms with Gasteiger partial charge in [-0.25, -0.2) is 0 Å². The van der Waals surface area contributed by atoms with E-state index in [1.165, 1.54) is 5.56 Å². The van der Waals surface area contributed by atoms with Gasteiger partial charge >= 0.3 is 0 Å². The lowest BCUT2D eigenvalue weighted by Gasteiger charge is -2.34. The summed E-state index contributed by atoms with van der Waals surface area (Å²) in [6.45, 7) is 7.10. The fourth-order valence-electron chi connectivity index (χ4n) is 2.97. The van der Waals surface area contributed by atoms with Crippen LogP contribution in [0.15, 0.2) is 42.6 Å². The SMILES string of the molecule is Cc1ncccc1CN1CCN(CC(=O)Nc2ccc(Cl)cc2)CC1. The number of benzene rings is 1. The van der Waals surface area contributed by atoms with Crippen molar-refractivity contribution in [2.45, 2.75) is 13.5 Å². The quantitative estimate of drug-likeness (QED) is 0.892. The number of halogens is 1. The second-order valence-electron chi connectivity index (χ2n) is 6.36. The lowest BCUT2D eigenvalue weighted by atomic mass is 10.2. The van der Waals surface area contributed by atoms with Gasteiger partial charge in [0.2, 0.25) is 5.91 Å². The average molecular weight is 359 g/mol. The van der Waals surface area contributed by atoms with Crippen LogP contribution in [-0.2, 0) is 11.3 Å². The molecule has 1 N–H and O–H groups in total. The molecule has 0 saturated carbocycles. The van der Waals surface area contributed by atoms with E-state index in [0.717, 1.165) is 44.1 Å². The van der Waals surface area contributed by atoms with Crippen LogP contribution in [0.2, 0.25) is 5.02 Å². The predicted molar refractivity (Wildman–Crippen MR) is 101 cm³/mol. The smallest absolute Gasteiger partial charge is 0.238 e. The van der Waals surface area contributed by atoms with Crippen molar-refractivity contribution in [2.24, 2.45) is 0 Å². The van der Waals surface area contributed by atoms with Crippen molar-refractivity contribution in [2.75, 3.05) is 38.0 Å². The fraction of sp³-hybridized carbons (Fsp3) is 0.368. The molecule has 1 aromatic carbocycles. The summed E-state index contributed by atoms with van der Waals surface area (Å²) in [5.41, 5.74) is 3.14. The number of aromatic nitrogens is 1. The standard InChI is InChI=1S/C19H23ClN4O/c1-15-16(3-2-8-21-15)13-23-9-11-24(12-10-23)14-19(25)22-18-6-4-17(20)5-7-18/h2-8H,9-14H2,1H3,(H,22,25). The first-order chi connectivity index (χ1) is 12.1. The molecule has 0 spiro atoms. The monoisotopic (exact) mass is 358 g/mol. The van der Waals surface area contributed by atoms with Gasteiger partial charge in [-0.05, 0) is 42.8 Å². The lowest BCUT2D eigenvalue weighted by Crippen LogP contribution is -2.48. The molecule has 0 radical (unpaired) electrons. The second-order valence-corrected chi connectivity index (χ2v) is 6.79. The van der Waals surface area contributed by atoms with E-state index in [2.05, 4.69) is 26.2 Å². The largest absolute Gasteiger partial charge is 0.325 e. The van der Waals surface area contributed by atoms with Crippen molar-refractivity contribution in [3.63, 3.8) is 0 Å². The number of amides is 1. The van der Waals surface area contributed by atoms with Crippen molar-refractivity contribution in [3.8, 4) is 0 Å². The first-order valence-electron chi connectivity index (χ1n) is 8.51. The van der Waals surface area contributed by atoms with Crippen molar-refractivity contribution < 1.29 is 4.79 Å². The van der Waals surface area contributed by atoms with Gasteiger partial charge in [-0.15, -0.1) is 0 Å². The zero-order valence-corrected chi connectivity index (χ0v) is 15.2. The Morgan fingerprint density at radius 3 is 2.48 bits per heavy atom. The molecule has 1 aliphatic heterocycles. The summed E-state index contributed by atoms with van der Waals surface area (Å²) in [4.78, 5) is 21.1. The number of carbonyl (C=O) groups excluding carboxylic acids is 1.